The molecule has 0 spiro atoms. The molecule has 0 aliphatic heterocycles. The lowest BCUT2D eigenvalue weighted by atomic mass is 10.2. The lowest BCUT2D eigenvalue weighted by molar-refractivity contribution is -0.147. The highest BCUT2D eigenvalue weighted by molar-refractivity contribution is 8.13. The van der Waals surface area contributed by atoms with E-state index in [1.807, 2.05) is 30.3 Å². The summed E-state index contributed by atoms with van der Waals surface area (Å²) in [6.45, 7) is 3.11. The van der Waals surface area contributed by atoms with Gasteiger partial charge in [-0.15, -0.1) is 6.58 Å². The van der Waals surface area contributed by atoms with Gasteiger partial charge in [-0.1, -0.05) is 48.2 Å². The van der Waals surface area contributed by atoms with Crippen molar-refractivity contribution >= 4 is 28.8 Å². The van der Waals surface area contributed by atoms with Crippen molar-refractivity contribution < 1.29 is 19.1 Å². The highest BCUT2D eigenvalue weighted by Gasteiger charge is 2.25. The minimum atomic E-state index is -1.09. The molecule has 0 aliphatic carbocycles. The second-order valence-corrected chi connectivity index (χ2v) is 6.53. The molecule has 1 unspecified atom stereocenters. The Morgan fingerprint density at radius 1 is 1.31 bits per heavy atom. The van der Waals surface area contributed by atoms with E-state index in [0.29, 0.717) is 12.2 Å². The van der Waals surface area contributed by atoms with Gasteiger partial charge in [0.25, 0.3) is 0 Å². The Morgan fingerprint density at radius 3 is 2.69 bits per heavy atom. The molecule has 0 aliphatic rings. The summed E-state index contributed by atoms with van der Waals surface area (Å²) in [5.74, 6) is -0.575. The Kier molecular flexibility index (Phi) is 10.5. The molecule has 1 amide bonds. The Labute approximate surface area is 157 Å². The summed E-state index contributed by atoms with van der Waals surface area (Å²) in [6.07, 6.45) is 2.77. The fraction of sp³-hybridized carbons (Fsp3) is 0.368. The number of carbonyl (C=O) groups is 3. The lowest BCUT2D eigenvalue weighted by Gasteiger charge is -2.16. The van der Waals surface area contributed by atoms with E-state index in [-0.39, 0.29) is 23.9 Å². The zero-order chi connectivity index (χ0) is 19.2. The van der Waals surface area contributed by atoms with E-state index in [2.05, 4.69) is 11.9 Å². The first-order chi connectivity index (χ1) is 12.6. The van der Waals surface area contributed by atoms with Crippen molar-refractivity contribution in [2.45, 2.75) is 31.7 Å². The first-order valence-corrected chi connectivity index (χ1v) is 9.18. The van der Waals surface area contributed by atoms with E-state index < -0.39 is 18.6 Å². The van der Waals surface area contributed by atoms with Gasteiger partial charge in [0.05, 0.1) is 0 Å². The van der Waals surface area contributed by atoms with E-state index >= 15 is 0 Å². The number of allylic oxidation sites excluding steroid dienone is 1. The van der Waals surface area contributed by atoms with Gasteiger partial charge in [0, 0.05) is 18.6 Å². The molecule has 0 fully saturated rings. The maximum absolute atomic E-state index is 12.1. The van der Waals surface area contributed by atoms with Crippen molar-refractivity contribution in [2.24, 2.45) is 0 Å². The normalized spacial score (nSPS) is 11.0. The van der Waals surface area contributed by atoms with Crippen molar-refractivity contribution in [1.82, 2.24) is 5.32 Å². The van der Waals surface area contributed by atoms with Crippen molar-refractivity contribution in [2.75, 3.05) is 12.4 Å². The third-order valence-electron chi connectivity index (χ3n) is 3.34. The zero-order valence-electron chi connectivity index (χ0n) is 14.5. The summed E-state index contributed by atoms with van der Waals surface area (Å²) < 4.78 is 4.74. The standard InChI is InChI=1S/C19H22N2O4S/c1-2-3-9-17(22)21-16(19(24)25-12-11-20)14-18(23)26-13-10-15-7-5-4-6-8-15/h2,4-8,16H,1,3,9-10,12-14H2,(H,21,22). The van der Waals surface area contributed by atoms with Crippen LogP contribution in [0.1, 0.15) is 24.8 Å². The number of benzene rings is 1. The van der Waals surface area contributed by atoms with E-state index in [9.17, 15) is 14.4 Å². The summed E-state index contributed by atoms with van der Waals surface area (Å²) in [4.78, 5) is 35.9. The van der Waals surface area contributed by atoms with Gasteiger partial charge in [0.2, 0.25) is 5.91 Å². The molecule has 1 aromatic carbocycles. The van der Waals surface area contributed by atoms with E-state index in [0.717, 1.165) is 23.7 Å². The van der Waals surface area contributed by atoms with E-state index in [4.69, 9.17) is 10.00 Å². The SMILES string of the molecule is C=CCCC(=O)NC(CC(=O)SCCc1ccccc1)C(=O)OCC#N. The second kappa shape index (κ2) is 12.7. The van der Waals surface area contributed by atoms with Crippen LogP contribution >= 0.6 is 11.8 Å². The highest BCUT2D eigenvalue weighted by Crippen LogP contribution is 2.12. The number of ether oxygens (including phenoxy) is 1. The van der Waals surface area contributed by atoms with Crippen LogP contribution in [0.3, 0.4) is 0 Å². The number of amides is 1. The molecule has 0 saturated heterocycles. The van der Waals surface area contributed by atoms with Gasteiger partial charge in [-0.2, -0.15) is 5.26 Å². The Bertz CT molecular complexity index is 655. The van der Waals surface area contributed by atoms with Crippen LogP contribution in [0, 0.1) is 11.3 Å². The summed E-state index contributed by atoms with van der Waals surface area (Å²) in [7, 11) is 0. The molecule has 0 bridgehead atoms. The fourth-order valence-electron chi connectivity index (χ4n) is 2.05. The predicted octanol–water partition coefficient (Wildman–Crippen LogP) is 2.40. The van der Waals surface area contributed by atoms with E-state index in [1.165, 1.54) is 0 Å². The van der Waals surface area contributed by atoms with Crippen LogP contribution in [-0.2, 0) is 25.5 Å². The number of hydrogen-bond donors (Lipinski definition) is 1. The average molecular weight is 374 g/mol. The van der Waals surface area contributed by atoms with Gasteiger partial charge in [0.15, 0.2) is 11.7 Å². The van der Waals surface area contributed by atoms with Gasteiger partial charge >= 0.3 is 5.97 Å². The minimum Gasteiger partial charge on any atom is -0.449 e. The minimum absolute atomic E-state index is 0.168. The maximum Gasteiger partial charge on any atom is 0.330 e. The van der Waals surface area contributed by atoms with Gasteiger partial charge in [-0.25, -0.2) is 4.79 Å². The first kappa shape index (κ1) is 21.5. The molecule has 1 atom stereocenters. The van der Waals surface area contributed by atoms with Crippen molar-refractivity contribution in [3.63, 3.8) is 0 Å². The molecule has 0 radical (unpaired) electrons. The molecule has 0 saturated carbocycles. The molecular weight excluding hydrogens is 352 g/mol. The Hall–Kier alpha value is -2.59. The number of carbonyl (C=O) groups excluding carboxylic acids is 3. The van der Waals surface area contributed by atoms with Gasteiger partial charge < -0.3 is 10.1 Å². The van der Waals surface area contributed by atoms with Crippen LogP contribution in [0.4, 0.5) is 0 Å². The summed E-state index contributed by atoms with van der Waals surface area (Å²) in [5, 5.41) is 10.8. The molecule has 138 valence electrons. The van der Waals surface area contributed by atoms with Gasteiger partial charge in [-0.05, 0) is 18.4 Å². The Balaban J connectivity index is 2.52. The predicted molar refractivity (Wildman–Crippen MR) is 100 cm³/mol. The third kappa shape index (κ3) is 9.04. The number of nitrogens with one attached hydrogen (secondary N) is 1. The molecule has 7 heteroatoms. The maximum atomic E-state index is 12.1. The smallest absolute Gasteiger partial charge is 0.330 e. The largest absolute Gasteiger partial charge is 0.449 e. The van der Waals surface area contributed by atoms with Crippen LogP contribution in [0.15, 0.2) is 43.0 Å². The summed E-state index contributed by atoms with van der Waals surface area (Å²) in [6, 6.07) is 10.3. The van der Waals surface area contributed by atoms with Crippen molar-refractivity contribution in [3.05, 3.63) is 48.6 Å². The number of nitrogens with zero attached hydrogens (tertiary/aromatic N) is 1. The summed E-state index contributed by atoms with van der Waals surface area (Å²) in [5.41, 5.74) is 1.12. The fourth-order valence-corrected chi connectivity index (χ4v) is 2.90. The molecule has 1 aromatic rings. The van der Waals surface area contributed by atoms with Crippen LogP contribution in [0.5, 0.6) is 0 Å². The lowest BCUT2D eigenvalue weighted by Crippen LogP contribution is -2.43. The van der Waals surface area contributed by atoms with Crippen molar-refractivity contribution in [1.29, 1.82) is 5.26 Å². The molecule has 1 rings (SSSR count). The van der Waals surface area contributed by atoms with Crippen LogP contribution in [0.25, 0.3) is 0 Å². The monoisotopic (exact) mass is 374 g/mol. The quantitative estimate of drug-likeness (QED) is 0.472. The average Bonchev–Trinajstić information content (AvgIpc) is 2.64. The van der Waals surface area contributed by atoms with Crippen LogP contribution in [-0.4, -0.2) is 35.4 Å². The Morgan fingerprint density at radius 2 is 2.04 bits per heavy atom. The first-order valence-electron chi connectivity index (χ1n) is 8.20. The molecule has 26 heavy (non-hydrogen) atoms. The van der Waals surface area contributed by atoms with Crippen LogP contribution in [0.2, 0.25) is 0 Å². The molecule has 1 N–H and O–H groups in total. The number of nitriles is 1. The number of aryl methyl sites for hydroxylation is 1. The van der Waals surface area contributed by atoms with E-state index in [1.54, 1.807) is 12.1 Å². The number of esters is 1. The molecule has 0 heterocycles. The zero-order valence-corrected chi connectivity index (χ0v) is 15.3. The third-order valence-corrected chi connectivity index (χ3v) is 4.24. The highest BCUT2D eigenvalue weighted by atomic mass is 32.2. The van der Waals surface area contributed by atoms with Gasteiger partial charge in [-0.3, -0.25) is 9.59 Å². The number of hydrogen-bond acceptors (Lipinski definition) is 6. The molecule has 6 nitrogen and oxygen atoms in total. The number of thioether (sulfide) groups is 1. The topological polar surface area (TPSA) is 96.3 Å². The molecule has 0 aromatic heterocycles. The summed E-state index contributed by atoms with van der Waals surface area (Å²) >= 11 is 1.11. The van der Waals surface area contributed by atoms with Crippen molar-refractivity contribution in [3.8, 4) is 6.07 Å². The molecular formula is C19H22N2O4S. The van der Waals surface area contributed by atoms with Crippen LogP contribution < -0.4 is 5.32 Å². The number of rotatable bonds is 11. The van der Waals surface area contributed by atoms with Gasteiger partial charge in [0.1, 0.15) is 12.1 Å². The second-order valence-electron chi connectivity index (χ2n) is 5.37.